The van der Waals surface area contributed by atoms with E-state index in [0.29, 0.717) is 10.9 Å². The topological polar surface area (TPSA) is 71.3 Å². The van der Waals surface area contributed by atoms with Crippen LogP contribution in [0.4, 0.5) is 0 Å². The lowest BCUT2D eigenvalue weighted by atomic mass is 10.2. The molecular formula is C17H14ClN5OS. The summed E-state index contributed by atoms with van der Waals surface area (Å²) in [6, 6.07) is 9.56. The van der Waals surface area contributed by atoms with E-state index in [9.17, 15) is 4.79 Å². The Balaban J connectivity index is 1.47. The summed E-state index contributed by atoms with van der Waals surface area (Å²) in [5.41, 5.74) is 3.48. The molecule has 126 valence electrons. The molecule has 8 heteroatoms. The van der Waals surface area contributed by atoms with E-state index in [4.69, 9.17) is 11.6 Å². The molecule has 0 bridgehead atoms. The van der Waals surface area contributed by atoms with Crippen molar-refractivity contribution in [3.05, 3.63) is 70.6 Å². The Bertz CT molecular complexity index is 956. The van der Waals surface area contributed by atoms with Crippen LogP contribution >= 0.6 is 23.4 Å². The minimum atomic E-state index is -0.474. The van der Waals surface area contributed by atoms with Crippen LogP contribution in [0.3, 0.4) is 0 Å². The summed E-state index contributed by atoms with van der Waals surface area (Å²) in [5.74, 6) is -0.126. The van der Waals surface area contributed by atoms with Gasteiger partial charge in [0.05, 0.1) is 21.8 Å². The van der Waals surface area contributed by atoms with Crippen molar-refractivity contribution >= 4 is 40.5 Å². The SMILES string of the molecule is O=C(NCc1cccnc1)C1NC(c2cnn3ccccc23)=C(Cl)S1. The third-order valence-electron chi connectivity index (χ3n) is 3.82. The summed E-state index contributed by atoms with van der Waals surface area (Å²) in [6.07, 6.45) is 7.04. The summed E-state index contributed by atoms with van der Waals surface area (Å²) in [6.45, 7) is 0.426. The van der Waals surface area contributed by atoms with Gasteiger partial charge in [0.15, 0.2) is 5.37 Å². The maximum atomic E-state index is 12.4. The maximum absolute atomic E-state index is 12.4. The van der Waals surface area contributed by atoms with E-state index in [0.717, 1.165) is 22.3 Å². The first-order chi connectivity index (χ1) is 12.2. The van der Waals surface area contributed by atoms with Crippen LogP contribution in [0, 0.1) is 0 Å². The van der Waals surface area contributed by atoms with Gasteiger partial charge < -0.3 is 10.6 Å². The number of halogens is 1. The van der Waals surface area contributed by atoms with E-state index in [1.54, 1.807) is 23.1 Å². The molecule has 0 aromatic carbocycles. The standard InChI is InChI=1S/C17H14ClN5OS/c18-15-14(12-10-21-23-7-2-1-5-13(12)23)22-17(25-15)16(24)20-9-11-4-3-6-19-8-11/h1-8,10,17,22H,9H2,(H,20,24). The number of thioether (sulfide) groups is 1. The van der Waals surface area contributed by atoms with E-state index in [2.05, 4.69) is 20.7 Å². The van der Waals surface area contributed by atoms with E-state index in [1.165, 1.54) is 11.8 Å². The van der Waals surface area contributed by atoms with Crippen LogP contribution in [0.5, 0.6) is 0 Å². The fraction of sp³-hybridized carbons (Fsp3) is 0.118. The van der Waals surface area contributed by atoms with Crippen molar-refractivity contribution in [2.24, 2.45) is 0 Å². The molecule has 4 rings (SSSR count). The van der Waals surface area contributed by atoms with Gasteiger partial charge in [-0.3, -0.25) is 9.78 Å². The number of carbonyl (C=O) groups excluding carboxylic acids is 1. The third-order valence-corrected chi connectivity index (χ3v) is 5.25. The average Bonchev–Trinajstić information content (AvgIpc) is 3.24. The average molecular weight is 372 g/mol. The van der Waals surface area contributed by atoms with E-state index in [1.807, 2.05) is 36.5 Å². The number of aromatic nitrogens is 3. The Kier molecular flexibility index (Phi) is 4.33. The molecule has 3 aromatic rings. The molecule has 1 amide bonds. The number of hydrogen-bond acceptors (Lipinski definition) is 5. The van der Waals surface area contributed by atoms with Crippen molar-refractivity contribution < 1.29 is 4.79 Å². The molecule has 0 aliphatic carbocycles. The van der Waals surface area contributed by atoms with Crippen LogP contribution in [-0.2, 0) is 11.3 Å². The minimum Gasteiger partial charge on any atom is -0.363 e. The lowest BCUT2D eigenvalue weighted by Crippen LogP contribution is -2.38. The first-order valence-electron chi connectivity index (χ1n) is 7.65. The lowest BCUT2D eigenvalue weighted by Gasteiger charge is -2.12. The number of nitrogens with one attached hydrogen (secondary N) is 2. The van der Waals surface area contributed by atoms with Crippen molar-refractivity contribution in [1.82, 2.24) is 25.2 Å². The first-order valence-corrected chi connectivity index (χ1v) is 8.90. The summed E-state index contributed by atoms with van der Waals surface area (Å²) in [5, 5.41) is 9.93. The molecular weight excluding hydrogens is 358 g/mol. The highest BCUT2D eigenvalue weighted by atomic mass is 35.5. The number of pyridine rings is 2. The van der Waals surface area contributed by atoms with E-state index >= 15 is 0 Å². The molecule has 0 saturated heterocycles. The molecule has 0 spiro atoms. The molecule has 3 aromatic heterocycles. The van der Waals surface area contributed by atoms with Gasteiger partial charge in [-0.1, -0.05) is 35.5 Å². The Hall–Kier alpha value is -2.51. The number of amides is 1. The summed E-state index contributed by atoms with van der Waals surface area (Å²) in [7, 11) is 0. The molecule has 25 heavy (non-hydrogen) atoms. The zero-order chi connectivity index (χ0) is 17.2. The van der Waals surface area contributed by atoms with Crippen molar-refractivity contribution in [3.63, 3.8) is 0 Å². The molecule has 2 N–H and O–H groups in total. The van der Waals surface area contributed by atoms with Crippen LogP contribution in [0.15, 0.2) is 59.5 Å². The molecule has 1 atom stereocenters. The fourth-order valence-electron chi connectivity index (χ4n) is 2.59. The van der Waals surface area contributed by atoms with Gasteiger partial charge in [0.1, 0.15) is 0 Å². The van der Waals surface area contributed by atoms with Crippen LogP contribution in [-0.4, -0.2) is 25.9 Å². The van der Waals surface area contributed by atoms with Crippen LogP contribution in [0.1, 0.15) is 11.1 Å². The van der Waals surface area contributed by atoms with Crippen LogP contribution in [0.2, 0.25) is 0 Å². The van der Waals surface area contributed by atoms with Gasteiger partial charge in [0.2, 0.25) is 0 Å². The van der Waals surface area contributed by atoms with E-state index < -0.39 is 5.37 Å². The number of nitrogens with zero attached hydrogens (tertiary/aromatic N) is 3. The smallest absolute Gasteiger partial charge is 0.253 e. The predicted molar refractivity (Wildman–Crippen MR) is 98.6 cm³/mol. The van der Waals surface area contributed by atoms with Crippen molar-refractivity contribution in [3.8, 4) is 0 Å². The summed E-state index contributed by atoms with van der Waals surface area (Å²) in [4.78, 5) is 16.5. The largest absolute Gasteiger partial charge is 0.363 e. The molecule has 1 aliphatic rings. The minimum absolute atomic E-state index is 0.126. The Morgan fingerprint density at radius 2 is 2.24 bits per heavy atom. The molecule has 4 heterocycles. The highest BCUT2D eigenvalue weighted by Gasteiger charge is 2.30. The van der Waals surface area contributed by atoms with Crippen molar-refractivity contribution in [2.75, 3.05) is 0 Å². The molecule has 1 aliphatic heterocycles. The Labute approximate surface area is 153 Å². The molecule has 6 nitrogen and oxygen atoms in total. The van der Waals surface area contributed by atoms with E-state index in [-0.39, 0.29) is 5.91 Å². The third kappa shape index (κ3) is 3.20. The quantitative estimate of drug-likeness (QED) is 0.737. The number of carbonyl (C=O) groups is 1. The molecule has 0 radical (unpaired) electrons. The van der Waals surface area contributed by atoms with Gasteiger partial charge in [-0.2, -0.15) is 5.10 Å². The second-order valence-corrected chi connectivity index (χ2v) is 7.18. The van der Waals surface area contributed by atoms with Gasteiger partial charge in [-0.15, -0.1) is 0 Å². The number of fused-ring (bicyclic) bond motifs is 1. The zero-order valence-corrected chi connectivity index (χ0v) is 14.6. The Morgan fingerprint density at radius 3 is 3.08 bits per heavy atom. The molecule has 1 unspecified atom stereocenters. The van der Waals surface area contributed by atoms with Gasteiger partial charge in [-0.25, -0.2) is 4.52 Å². The van der Waals surface area contributed by atoms with Crippen LogP contribution in [0.25, 0.3) is 11.2 Å². The predicted octanol–water partition coefficient (Wildman–Crippen LogP) is 2.57. The molecule has 0 saturated carbocycles. The van der Waals surface area contributed by atoms with Gasteiger partial charge >= 0.3 is 0 Å². The first kappa shape index (κ1) is 16.0. The normalized spacial score (nSPS) is 16.9. The number of rotatable bonds is 4. The lowest BCUT2D eigenvalue weighted by molar-refractivity contribution is -0.121. The molecule has 0 fully saturated rings. The second-order valence-electron chi connectivity index (χ2n) is 5.46. The van der Waals surface area contributed by atoms with Crippen molar-refractivity contribution in [2.45, 2.75) is 11.9 Å². The Morgan fingerprint density at radius 1 is 1.32 bits per heavy atom. The zero-order valence-electron chi connectivity index (χ0n) is 13.0. The highest BCUT2D eigenvalue weighted by Crippen LogP contribution is 2.39. The van der Waals surface area contributed by atoms with Gasteiger partial charge in [0, 0.05) is 30.7 Å². The van der Waals surface area contributed by atoms with Gasteiger partial charge in [-0.05, 0) is 23.8 Å². The fourth-order valence-corrected chi connectivity index (χ4v) is 3.88. The summed E-state index contributed by atoms with van der Waals surface area (Å²) >= 11 is 7.67. The highest BCUT2D eigenvalue weighted by molar-refractivity contribution is 8.06. The monoisotopic (exact) mass is 371 g/mol. The van der Waals surface area contributed by atoms with Crippen molar-refractivity contribution in [1.29, 1.82) is 0 Å². The summed E-state index contributed by atoms with van der Waals surface area (Å²) < 4.78 is 2.33. The van der Waals surface area contributed by atoms with Gasteiger partial charge in [0.25, 0.3) is 5.91 Å². The maximum Gasteiger partial charge on any atom is 0.253 e. The number of hydrogen-bond donors (Lipinski definition) is 2. The van der Waals surface area contributed by atoms with Crippen LogP contribution < -0.4 is 10.6 Å². The second kappa shape index (κ2) is 6.78.